The van der Waals surface area contributed by atoms with Gasteiger partial charge in [0.2, 0.25) is 0 Å². The average Bonchev–Trinajstić information content (AvgIpc) is 2.77. The van der Waals surface area contributed by atoms with Crippen molar-refractivity contribution in [3.8, 4) is 5.75 Å². The van der Waals surface area contributed by atoms with Crippen LogP contribution in [0, 0.1) is 12.8 Å². The molecule has 2 atom stereocenters. The van der Waals surface area contributed by atoms with Crippen LogP contribution in [0.2, 0.25) is 0 Å². The van der Waals surface area contributed by atoms with Gasteiger partial charge in [0, 0.05) is 17.6 Å². The standard InChI is InChI=1S/C16H25NO/c1-11(2)15-6-5-9-17(15)13(4)14-8-7-12(3)10-16(14)18/h7-8,10-11,13,15,18H,5-6,9H2,1-4H3. The van der Waals surface area contributed by atoms with Crippen molar-refractivity contribution in [2.75, 3.05) is 6.54 Å². The highest BCUT2D eigenvalue weighted by atomic mass is 16.3. The zero-order chi connectivity index (χ0) is 13.3. The maximum atomic E-state index is 10.1. The summed E-state index contributed by atoms with van der Waals surface area (Å²) in [4.78, 5) is 2.55. The number of aromatic hydroxyl groups is 1. The van der Waals surface area contributed by atoms with Crippen molar-refractivity contribution in [1.29, 1.82) is 0 Å². The third kappa shape index (κ3) is 2.54. The molecule has 0 aliphatic carbocycles. The van der Waals surface area contributed by atoms with Crippen LogP contribution in [0.1, 0.15) is 50.8 Å². The summed E-state index contributed by atoms with van der Waals surface area (Å²) >= 11 is 0. The molecular weight excluding hydrogens is 222 g/mol. The fraction of sp³-hybridized carbons (Fsp3) is 0.625. The van der Waals surface area contributed by atoms with E-state index in [4.69, 9.17) is 0 Å². The molecular formula is C16H25NO. The molecule has 1 N–H and O–H groups in total. The van der Waals surface area contributed by atoms with Gasteiger partial charge in [0.05, 0.1) is 0 Å². The lowest BCUT2D eigenvalue weighted by Crippen LogP contribution is -2.35. The molecule has 1 aliphatic rings. The largest absolute Gasteiger partial charge is 0.508 e. The molecule has 0 spiro atoms. The summed E-state index contributed by atoms with van der Waals surface area (Å²) in [5.41, 5.74) is 2.18. The van der Waals surface area contributed by atoms with E-state index in [2.05, 4.69) is 37.8 Å². The second-order valence-electron chi connectivity index (χ2n) is 5.93. The van der Waals surface area contributed by atoms with Gasteiger partial charge in [-0.15, -0.1) is 0 Å². The highest BCUT2D eigenvalue weighted by Gasteiger charge is 2.31. The minimum Gasteiger partial charge on any atom is -0.508 e. The Morgan fingerprint density at radius 2 is 2.00 bits per heavy atom. The van der Waals surface area contributed by atoms with Crippen LogP contribution in [0.5, 0.6) is 5.75 Å². The van der Waals surface area contributed by atoms with Crippen LogP contribution < -0.4 is 0 Å². The Kier molecular flexibility index (Phi) is 3.96. The molecule has 0 amide bonds. The third-order valence-corrected chi connectivity index (χ3v) is 4.25. The Labute approximate surface area is 111 Å². The molecule has 1 aliphatic heterocycles. The van der Waals surface area contributed by atoms with Crippen molar-refractivity contribution < 1.29 is 5.11 Å². The van der Waals surface area contributed by atoms with Crippen LogP contribution in [0.3, 0.4) is 0 Å². The number of phenols is 1. The first-order valence-electron chi connectivity index (χ1n) is 7.06. The molecule has 1 fully saturated rings. The van der Waals surface area contributed by atoms with Crippen LogP contribution in [-0.2, 0) is 0 Å². The van der Waals surface area contributed by atoms with Gasteiger partial charge in [-0.3, -0.25) is 4.90 Å². The van der Waals surface area contributed by atoms with E-state index >= 15 is 0 Å². The Hall–Kier alpha value is -1.02. The van der Waals surface area contributed by atoms with Gasteiger partial charge in [0.15, 0.2) is 0 Å². The van der Waals surface area contributed by atoms with Crippen LogP contribution in [-0.4, -0.2) is 22.6 Å². The molecule has 0 saturated carbocycles. The van der Waals surface area contributed by atoms with Crippen LogP contribution in [0.4, 0.5) is 0 Å². The topological polar surface area (TPSA) is 23.5 Å². The van der Waals surface area contributed by atoms with Gasteiger partial charge in [0.1, 0.15) is 5.75 Å². The lowest BCUT2D eigenvalue weighted by atomic mass is 9.98. The third-order valence-electron chi connectivity index (χ3n) is 4.25. The summed E-state index contributed by atoms with van der Waals surface area (Å²) < 4.78 is 0. The SMILES string of the molecule is Cc1ccc(C(C)N2CCCC2C(C)C)c(O)c1. The summed E-state index contributed by atoms with van der Waals surface area (Å²) in [5, 5.41) is 10.1. The van der Waals surface area contributed by atoms with Gasteiger partial charge in [-0.2, -0.15) is 0 Å². The smallest absolute Gasteiger partial charge is 0.120 e. The molecule has 0 radical (unpaired) electrons. The Balaban J connectivity index is 2.22. The summed E-state index contributed by atoms with van der Waals surface area (Å²) in [7, 11) is 0. The van der Waals surface area contributed by atoms with E-state index in [-0.39, 0.29) is 0 Å². The Bertz CT molecular complexity index is 414. The van der Waals surface area contributed by atoms with E-state index in [9.17, 15) is 5.11 Å². The summed E-state index contributed by atoms with van der Waals surface area (Å²) in [6, 6.07) is 6.99. The van der Waals surface area contributed by atoms with Gasteiger partial charge >= 0.3 is 0 Å². The zero-order valence-corrected chi connectivity index (χ0v) is 12.0. The van der Waals surface area contributed by atoms with Crippen LogP contribution >= 0.6 is 0 Å². The fourth-order valence-electron chi connectivity index (χ4n) is 3.20. The summed E-state index contributed by atoms with van der Waals surface area (Å²) in [6.07, 6.45) is 2.56. The molecule has 18 heavy (non-hydrogen) atoms. The molecule has 0 bridgehead atoms. The van der Waals surface area contributed by atoms with Crippen molar-refractivity contribution in [1.82, 2.24) is 4.90 Å². The first-order chi connectivity index (χ1) is 8.50. The van der Waals surface area contributed by atoms with E-state index < -0.39 is 0 Å². The van der Waals surface area contributed by atoms with E-state index in [1.54, 1.807) is 0 Å². The molecule has 1 heterocycles. The number of hydrogen-bond acceptors (Lipinski definition) is 2. The predicted molar refractivity (Wildman–Crippen MR) is 75.8 cm³/mol. The Morgan fingerprint density at radius 1 is 1.28 bits per heavy atom. The van der Waals surface area contributed by atoms with Gasteiger partial charge in [-0.1, -0.05) is 26.0 Å². The number of rotatable bonds is 3. The highest BCUT2D eigenvalue weighted by Crippen LogP contribution is 2.36. The van der Waals surface area contributed by atoms with Crippen molar-refractivity contribution in [2.45, 2.75) is 52.6 Å². The first-order valence-corrected chi connectivity index (χ1v) is 7.06. The number of likely N-dealkylation sites (tertiary alicyclic amines) is 1. The average molecular weight is 247 g/mol. The molecule has 1 saturated heterocycles. The van der Waals surface area contributed by atoms with Crippen molar-refractivity contribution in [2.24, 2.45) is 5.92 Å². The second-order valence-corrected chi connectivity index (χ2v) is 5.93. The monoisotopic (exact) mass is 247 g/mol. The van der Waals surface area contributed by atoms with Crippen LogP contribution in [0.25, 0.3) is 0 Å². The number of benzene rings is 1. The quantitative estimate of drug-likeness (QED) is 0.876. The second kappa shape index (κ2) is 5.31. The van der Waals surface area contributed by atoms with E-state index in [1.807, 2.05) is 13.0 Å². The molecule has 2 rings (SSSR count). The number of nitrogens with zero attached hydrogens (tertiary/aromatic N) is 1. The molecule has 2 unspecified atom stereocenters. The number of phenolic OH excluding ortho intramolecular Hbond substituents is 1. The molecule has 2 heteroatoms. The van der Waals surface area contributed by atoms with Crippen molar-refractivity contribution in [3.05, 3.63) is 29.3 Å². The predicted octanol–water partition coefficient (Wildman–Crippen LogP) is 3.88. The maximum Gasteiger partial charge on any atom is 0.120 e. The van der Waals surface area contributed by atoms with Crippen LogP contribution in [0.15, 0.2) is 18.2 Å². The van der Waals surface area contributed by atoms with Gasteiger partial charge < -0.3 is 5.11 Å². The lowest BCUT2D eigenvalue weighted by molar-refractivity contribution is 0.154. The zero-order valence-electron chi connectivity index (χ0n) is 12.0. The van der Waals surface area contributed by atoms with Gasteiger partial charge in [-0.05, 0) is 50.8 Å². The fourth-order valence-corrected chi connectivity index (χ4v) is 3.20. The maximum absolute atomic E-state index is 10.1. The van der Waals surface area contributed by atoms with Gasteiger partial charge in [0.25, 0.3) is 0 Å². The molecule has 0 aromatic heterocycles. The first kappa shape index (κ1) is 13.4. The van der Waals surface area contributed by atoms with E-state index in [0.29, 0.717) is 23.8 Å². The van der Waals surface area contributed by atoms with Crippen molar-refractivity contribution in [3.63, 3.8) is 0 Å². The van der Waals surface area contributed by atoms with Crippen molar-refractivity contribution >= 4 is 0 Å². The lowest BCUT2D eigenvalue weighted by Gasteiger charge is -2.33. The Morgan fingerprint density at radius 3 is 2.61 bits per heavy atom. The van der Waals surface area contributed by atoms with Gasteiger partial charge in [-0.25, -0.2) is 0 Å². The molecule has 1 aromatic rings. The van der Waals surface area contributed by atoms with E-state index in [1.165, 1.54) is 12.8 Å². The summed E-state index contributed by atoms with van der Waals surface area (Å²) in [6.45, 7) is 9.97. The number of aryl methyl sites for hydroxylation is 1. The molecule has 100 valence electrons. The summed E-state index contributed by atoms with van der Waals surface area (Å²) in [5.74, 6) is 1.12. The minimum atomic E-state index is 0.306. The minimum absolute atomic E-state index is 0.306. The molecule has 1 aromatic carbocycles. The normalized spacial score (nSPS) is 22.6. The highest BCUT2D eigenvalue weighted by molar-refractivity contribution is 5.38. The molecule has 2 nitrogen and oxygen atoms in total. The number of hydrogen-bond donors (Lipinski definition) is 1. The van der Waals surface area contributed by atoms with E-state index in [0.717, 1.165) is 17.7 Å².